The molecule has 27 heavy (non-hydrogen) atoms. The van der Waals surface area contributed by atoms with Crippen LogP contribution in [0.4, 0.5) is 11.4 Å². The van der Waals surface area contributed by atoms with E-state index < -0.39 is 14.9 Å². The van der Waals surface area contributed by atoms with Crippen LogP contribution in [0.25, 0.3) is 0 Å². The molecule has 0 bridgehead atoms. The van der Waals surface area contributed by atoms with Gasteiger partial charge in [0.1, 0.15) is 0 Å². The fraction of sp³-hybridized carbons (Fsp3) is 0.368. The maximum atomic E-state index is 13.1. The van der Waals surface area contributed by atoms with E-state index >= 15 is 0 Å². The van der Waals surface area contributed by atoms with Gasteiger partial charge in [-0.3, -0.25) is 10.1 Å². The van der Waals surface area contributed by atoms with Gasteiger partial charge in [-0.05, 0) is 44.0 Å². The zero-order valence-corrected chi connectivity index (χ0v) is 16.5. The standard InChI is InChI=1S/C19H23N3O4S/c1-14-12-15(2)19(16(3)13-14)27(25,26)21-10-8-20(9-11-21)17-4-6-18(7-5-17)22(23)24/h4-7,12-13H,8-11H2,1-3H3. The molecule has 1 heterocycles. The van der Waals surface area contributed by atoms with Gasteiger partial charge in [-0.2, -0.15) is 4.31 Å². The van der Waals surface area contributed by atoms with Crippen molar-refractivity contribution in [1.29, 1.82) is 0 Å². The summed E-state index contributed by atoms with van der Waals surface area (Å²) < 4.78 is 27.8. The largest absolute Gasteiger partial charge is 0.369 e. The SMILES string of the molecule is Cc1cc(C)c(S(=O)(=O)N2CCN(c3ccc([N+](=O)[O-])cc3)CC2)c(C)c1. The van der Waals surface area contributed by atoms with Crippen molar-refractivity contribution in [3.63, 3.8) is 0 Å². The highest BCUT2D eigenvalue weighted by molar-refractivity contribution is 7.89. The van der Waals surface area contributed by atoms with Crippen molar-refractivity contribution in [3.8, 4) is 0 Å². The second-order valence-corrected chi connectivity index (χ2v) is 8.77. The fourth-order valence-corrected chi connectivity index (χ4v) is 5.51. The van der Waals surface area contributed by atoms with Crippen LogP contribution < -0.4 is 4.90 Å². The predicted octanol–water partition coefficient (Wildman–Crippen LogP) is 3.03. The molecule has 1 aliphatic heterocycles. The highest BCUT2D eigenvalue weighted by Gasteiger charge is 2.31. The molecule has 0 saturated carbocycles. The first kappa shape index (κ1) is 19.3. The summed E-state index contributed by atoms with van der Waals surface area (Å²) >= 11 is 0. The van der Waals surface area contributed by atoms with E-state index in [-0.39, 0.29) is 5.69 Å². The minimum Gasteiger partial charge on any atom is -0.369 e. The number of piperazine rings is 1. The van der Waals surface area contributed by atoms with Crippen LogP contribution in [0.2, 0.25) is 0 Å². The lowest BCUT2D eigenvalue weighted by molar-refractivity contribution is -0.384. The highest BCUT2D eigenvalue weighted by Crippen LogP contribution is 2.27. The van der Waals surface area contributed by atoms with Crippen LogP contribution in [0, 0.1) is 30.9 Å². The number of nitro benzene ring substituents is 1. The summed E-state index contributed by atoms with van der Waals surface area (Å²) in [6.07, 6.45) is 0. The number of nitrogens with zero attached hydrogens (tertiary/aromatic N) is 3. The Bertz CT molecular complexity index is 940. The number of nitro groups is 1. The number of hydrogen-bond donors (Lipinski definition) is 0. The molecule has 7 nitrogen and oxygen atoms in total. The average Bonchev–Trinajstić information content (AvgIpc) is 2.61. The molecule has 1 saturated heterocycles. The molecule has 0 unspecified atom stereocenters. The second kappa shape index (κ2) is 7.28. The first-order chi connectivity index (χ1) is 12.7. The molecule has 144 valence electrons. The number of hydrogen-bond acceptors (Lipinski definition) is 5. The Labute approximate surface area is 159 Å². The lowest BCUT2D eigenvalue weighted by Crippen LogP contribution is -2.48. The van der Waals surface area contributed by atoms with Crippen LogP contribution in [0.15, 0.2) is 41.3 Å². The molecule has 0 spiro atoms. The Kier molecular flexibility index (Phi) is 5.21. The second-order valence-electron chi connectivity index (χ2n) is 6.89. The molecule has 8 heteroatoms. The number of rotatable bonds is 4. The number of benzene rings is 2. The highest BCUT2D eigenvalue weighted by atomic mass is 32.2. The first-order valence-corrected chi connectivity index (χ1v) is 10.2. The van der Waals surface area contributed by atoms with Crippen LogP contribution in [0.1, 0.15) is 16.7 Å². The van der Waals surface area contributed by atoms with E-state index in [0.29, 0.717) is 31.1 Å². The maximum absolute atomic E-state index is 13.1. The average molecular weight is 389 g/mol. The molecule has 3 rings (SSSR count). The van der Waals surface area contributed by atoms with E-state index in [9.17, 15) is 18.5 Å². The molecule has 0 N–H and O–H groups in total. The third-order valence-corrected chi connectivity index (χ3v) is 7.07. The summed E-state index contributed by atoms with van der Waals surface area (Å²) in [5.41, 5.74) is 3.49. The Morgan fingerprint density at radius 1 is 0.926 bits per heavy atom. The summed E-state index contributed by atoms with van der Waals surface area (Å²) in [5.74, 6) is 0. The summed E-state index contributed by atoms with van der Waals surface area (Å²) in [6.45, 7) is 7.47. The van der Waals surface area contributed by atoms with Gasteiger partial charge < -0.3 is 4.90 Å². The number of non-ortho nitro benzene ring substituents is 1. The van der Waals surface area contributed by atoms with Crippen molar-refractivity contribution >= 4 is 21.4 Å². The number of aryl methyl sites for hydroxylation is 3. The van der Waals surface area contributed by atoms with Gasteiger partial charge in [0, 0.05) is 44.0 Å². The Hall–Kier alpha value is -2.45. The predicted molar refractivity (Wildman–Crippen MR) is 105 cm³/mol. The molecule has 0 aliphatic carbocycles. The maximum Gasteiger partial charge on any atom is 0.269 e. The Balaban J connectivity index is 1.76. The van der Waals surface area contributed by atoms with Crippen LogP contribution in [0.3, 0.4) is 0 Å². The quantitative estimate of drug-likeness (QED) is 0.593. The molecule has 1 fully saturated rings. The van der Waals surface area contributed by atoms with E-state index in [1.807, 2.05) is 37.8 Å². The van der Waals surface area contributed by atoms with Crippen molar-refractivity contribution in [2.24, 2.45) is 0 Å². The Morgan fingerprint density at radius 2 is 1.44 bits per heavy atom. The van der Waals surface area contributed by atoms with Gasteiger partial charge in [0.2, 0.25) is 10.0 Å². The van der Waals surface area contributed by atoms with Crippen molar-refractivity contribution in [2.75, 3.05) is 31.1 Å². The van der Waals surface area contributed by atoms with Gasteiger partial charge in [-0.25, -0.2) is 8.42 Å². The molecule has 0 amide bonds. The van der Waals surface area contributed by atoms with Crippen LogP contribution >= 0.6 is 0 Å². The molecule has 0 aromatic heterocycles. The molecule has 2 aromatic carbocycles. The minimum atomic E-state index is -3.55. The van der Waals surface area contributed by atoms with E-state index in [1.54, 1.807) is 12.1 Å². The van der Waals surface area contributed by atoms with E-state index in [1.165, 1.54) is 16.4 Å². The third kappa shape index (κ3) is 3.81. The van der Waals surface area contributed by atoms with Crippen molar-refractivity contribution < 1.29 is 13.3 Å². The van der Waals surface area contributed by atoms with E-state index in [2.05, 4.69) is 0 Å². The smallest absolute Gasteiger partial charge is 0.269 e. The van der Waals surface area contributed by atoms with Gasteiger partial charge in [-0.15, -0.1) is 0 Å². The topological polar surface area (TPSA) is 83.8 Å². The van der Waals surface area contributed by atoms with Gasteiger partial charge >= 0.3 is 0 Å². The number of anilines is 1. The zero-order chi connectivity index (χ0) is 19.8. The van der Waals surface area contributed by atoms with Crippen molar-refractivity contribution in [1.82, 2.24) is 4.31 Å². The molecule has 0 radical (unpaired) electrons. The first-order valence-electron chi connectivity index (χ1n) is 8.77. The lowest BCUT2D eigenvalue weighted by atomic mass is 10.1. The molecule has 1 aliphatic rings. The Morgan fingerprint density at radius 3 is 1.93 bits per heavy atom. The van der Waals surface area contributed by atoms with Crippen LogP contribution in [-0.4, -0.2) is 43.8 Å². The van der Waals surface area contributed by atoms with E-state index in [4.69, 9.17) is 0 Å². The van der Waals surface area contributed by atoms with Gasteiger partial charge in [0.15, 0.2) is 0 Å². The molecule has 2 aromatic rings. The number of sulfonamides is 1. The lowest BCUT2D eigenvalue weighted by Gasteiger charge is -2.35. The minimum absolute atomic E-state index is 0.0466. The molecule has 0 atom stereocenters. The van der Waals surface area contributed by atoms with Gasteiger partial charge in [0.25, 0.3) is 5.69 Å². The van der Waals surface area contributed by atoms with Crippen molar-refractivity contribution in [2.45, 2.75) is 25.7 Å². The van der Waals surface area contributed by atoms with Crippen molar-refractivity contribution in [3.05, 3.63) is 63.2 Å². The fourth-order valence-electron chi connectivity index (χ4n) is 3.67. The van der Waals surface area contributed by atoms with Gasteiger partial charge in [0.05, 0.1) is 9.82 Å². The molecular weight excluding hydrogens is 366 g/mol. The van der Waals surface area contributed by atoms with Gasteiger partial charge in [-0.1, -0.05) is 17.7 Å². The molecular formula is C19H23N3O4S. The normalized spacial score (nSPS) is 15.7. The van der Waals surface area contributed by atoms with E-state index in [0.717, 1.165) is 22.4 Å². The van der Waals surface area contributed by atoms with Crippen LogP contribution in [-0.2, 0) is 10.0 Å². The van der Waals surface area contributed by atoms with Crippen LogP contribution in [0.5, 0.6) is 0 Å². The summed E-state index contributed by atoms with van der Waals surface area (Å²) in [7, 11) is -3.55. The summed E-state index contributed by atoms with van der Waals surface area (Å²) in [4.78, 5) is 12.8. The zero-order valence-electron chi connectivity index (χ0n) is 15.7. The summed E-state index contributed by atoms with van der Waals surface area (Å²) in [5, 5.41) is 10.8. The summed E-state index contributed by atoms with van der Waals surface area (Å²) in [6, 6.07) is 10.1. The third-order valence-electron chi connectivity index (χ3n) is 4.87. The monoisotopic (exact) mass is 389 g/mol.